The van der Waals surface area contributed by atoms with Gasteiger partial charge in [0, 0.05) is 12.3 Å². The summed E-state index contributed by atoms with van der Waals surface area (Å²) in [6.45, 7) is 0. The average molecular weight is 303 g/mol. The monoisotopic (exact) mass is 303 g/mol. The van der Waals surface area contributed by atoms with Gasteiger partial charge in [-0.15, -0.1) is 0 Å². The van der Waals surface area contributed by atoms with E-state index in [2.05, 4.69) is 66.4 Å². The van der Waals surface area contributed by atoms with E-state index >= 15 is 0 Å². The molecule has 0 aromatic heterocycles. The highest BCUT2D eigenvalue weighted by Crippen LogP contribution is 2.23. The Morgan fingerprint density at radius 3 is 2.26 bits per heavy atom. The molecule has 0 saturated carbocycles. The van der Waals surface area contributed by atoms with Gasteiger partial charge in [0.1, 0.15) is 0 Å². The van der Waals surface area contributed by atoms with Crippen molar-refractivity contribution < 1.29 is 0 Å². The lowest BCUT2D eigenvalue weighted by Gasteiger charge is -2.26. The second kappa shape index (κ2) is 7.49. The fourth-order valence-corrected chi connectivity index (χ4v) is 3.36. The molecular formula is C22H25N. The van der Waals surface area contributed by atoms with Gasteiger partial charge in [-0.1, -0.05) is 85.3 Å². The minimum Gasteiger partial charge on any atom is -0.315 e. The van der Waals surface area contributed by atoms with Crippen LogP contribution in [0.1, 0.15) is 36.8 Å². The van der Waals surface area contributed by atoms with Crippen molar-refractivity contribution in [1.29, 1.82) is 0 Å². The second-order valence-corrected chi connectivity index (χ2v) is 6.72. The molecule has 1 nitrogen and oxygen atoms in total. The zero-order chi connectivity index (χ0) is 16.0. The maximum Gasteiger partial charge on any atom is 0.0816 e. The molecule has 118 valence electrons. The van der Waals surface area contributed by atoms with Crippen LogP contribution in [0.25, 0.3) is 0 Å². The predicted molar refractivity (Wildman–Crippen MR) is 96.9 cm³/mol. The Kier molecular flexibility index (Phi) is 5.16. The molecule has 2 aromatic carbocycles. The Labute approximate surface area is 139 Å². The third-order valence-corrected chi connectivity index (χ3v) is 4.64. The molecule has 2 unspecified atom stereocenters. The summed E-state index contributed by atoms with van der Waals surface area (Å²) in [5, 5.41) is 0. The van der Waals surface area contributed by atoms with Gasteiger partial charge < -0.3 is 5.73 Å². The third kappa shape index (κ3) is 4.71. The summed E-state index contributed by atoms with van der Waals surface area (Å²) < 4.78 is 0. The van der Waals surface area contributed by atoms with Gasteiger partial charge in [-0.25, -0.2) is 0 Å². The molecule has 1 heteroatoms. The maximum absolute atomic E-state index is 6.64. The molecule has 2 atom stereocenters. The lowest BCUT2D eigenvalue weighted by atomic mass is 9.83. The normalized spacial score (nSPS) is 24.1. The lowest BCUT2D eigenvalue weighted by molar-refractivity contribution is 0.438. The molecule has 23 heavy (non-hydrogen) atoms. The van der Waals surface area contributed by atoms with Crippen LogP contribution in [0.15, 0.2) is 60.7 Å². The van der Waals surface area contributed by atoms with Crippen molar-refractivity contribution in [3.05, 3.63) is 71.8 Å². The Morgan fingerprint density at radius 2 is 1.57 bits per heavy atom. The standard InChI is InChI=1S/C22H25N/c23-22(18-21-12-5-2-6-13-21)15-8-7-11-20(14-16-22)17-19-9-3-1-4-10-19/h1-6,9-10,12-13,20H,7-8,11,15,17-18,23H2. The van der Waals surface area contributed by atoms with Gasteiger partial charge in [0.25, 0.3) is 0 Å². The van der Waals surface area contributed by atoms with Gasteiger partial charge >= 0.3 is 0 Å². The first-order valence-corrected chi connectivity index (χ1v) is 8.63. The lowest BCUT2D eigenvalue weighted by Crippen LogP contribution is -2.41. The predicted octanol–water partition coefficient (Wildman–Crippen LogP) is 4.36. The molecule has 0 fully saturated rings. The molecule has 0 heterocycles. The van der Waals surface area contributed by atoms with Gasteiger partial charge in [0.15, 0.2) is 0 Å². The number of hydrogen-bond acceptors (Lipinski definition) is 1. The Bertz CT molecular complexity index is 665. The van der Waals surface area contributed by atoms with E-state index in [-0.39, 0.29) is 5.54 Å². The fourth-order valence-electron chi connectivity index (χ4n) is 3.36. The van der Waals surface area contributed by atoms with E-state index in [1.54, 1.807) is 0 Å². The summed E-state index contributed by atoms with van der Waals surface area (Å²) in [6.07, 6.45) is 6.45. The van der Waals surface area contributed by atoms with E-state index in [1.807, 2.05) is 6.07 Å². The summed E-state index contributed by atoms with van der Waals surface area (Å²) in [6, 6.07) is 21.2. The van der Waals surface area contributed by atoms with Gasteiger partial charge in [0.05, 0.1) is 5.54 Å². The topological polar surface area (TPSA) is 26.0 Å². The summed E-state index contributed by atoms with van der Waals surface area (Å²) in [5.74, 6) is 7.38. The molecule has 2 aromatic rings. The van der Waals surface area contributed by atoms with Crippen molar-refractivity contribution in [2.24, 2.45) is 11.7 Å². The number of hydrogen-bond donors (Lipinski definition) is 1. The molecule has 0 bridgehead atoms. The van der Waals surface area contributed by atoms with Crippen molar-refractivity contribution in [3.63, 3.8) is 0 Å². The van der Waals surface area contributed by atoms with Crippen LogP contribution in [0, 0.1) is 17.8 Å². The molecule has 0 aliphatic heterocycles. The quantitative estimate of drug-likeness (QED) is 0.834. The largest absolute Gasteiger partial charge is 0.315 e. The molecule has 1 aliphatic carbocycles. The minimum atomic E-state index is -0.378. The SMILES string of the molecule is NC1(Cc2ccccc2)C#CC(Cc2ccccc2)CCCC1. The van der Waals surface area contributed by atoms with Crippen LogP contribution in [-0.4, -0.2) is 5.54 Å². The average Bonchev–Trinajstić information content (AvgIpc) is 2.57. The summed E-state index contributed by atoms with van der Waals surface area (Å²) >= 11 is 0. The number of nitrogens with two attached hydrogens (primary N) is 1. The van der Waals surface area contributed by atoms with E-state index in [1.165, 1.54) is 30.4 Å². The van der Waals surface area contributed by atoms with Gasteiger partial charge in [-0.2, -0.15) is 0 Å². The minimum absolute atomic E-state index is 0.378. The van der Waals surface area contributed by atoms with Crippen LogP contribution in [0.3, 0.4) is 0 Å². The molecule has 0 spiro atoms. The highest BCUT2D eigenvalue weighted by atomic mass is 14.7. The molecule has 0 radical (unpaired) electrons. The van der Waals surface area contributed by atoms with Crippen LogP contribution in [0.2, 0.25) is 0 Å². The van der Waals surface area contributed by atoms with E-state index in [4.69, 9.17) is 5.73 Å². The van der Waals surface area contributed by atoms with Crippen molar-refractivity contribution in [1.82, 2.24) is 0 Å². The van der Waals surface area contributed by atoms with Crippen molar-refractivity contribution >= 4 is 0 Å². The van der Waals surface area contributed by atoms with Crippen LogP contribution in [0.5, 0.6) is 0 Å². The molecule has 1 aliphatic rings. The van der Waals surface area contributed by atoms with Crippen LogP contribution in [0.4, 0.5) is 0 Å². The zero-order valence-corrected chi connectivity index (χ0v) is 13.7. The van der Waals surface area contributed by atoms with Crippen molar-refractivity contribution in [2.75, 3.05) is 0 Å². The molecule has 0 saturated heterocycles. The molecular weight excluding hydrogens is 278 g/mol. The van der Waals surface area contributed by atoms with Crippen LogP contribution in [-0.2, 0) is 12.8 Å². The molecule has 2 N–H and O–H groups in total. The van der Waals surface area contributed by atoms with Crippen LogP contribution < -0.4 is 5.73 Å². The summed E-state index contributed by atoms with van der Waals surface area (Å²) in [4.78, 5) is 0. The molecule has 3 rings (SSSR count). The van der Waals surface area contributed by atoms with Gasteiger partial charge in [0.2, 0.25) is 0 Å². The van der Waals surface area contributed by atoms with Crippen LogP contribution >= 0.6 is 0 Å². The maximum atomic E-state index is 6.64. The summed E-state index contributed by atoms with van der Waals surface area (Å²) in [5.41, 5.74) is 8.92. The number of rotatable bonds is 4. The van der Waals surface area contributed by atoms with Gasteiger partial charge in [-0.05, 0) is 30.4 Å². The second-order valence-electron chi connectivity index (χ2n) is 6.72. The summed E-state index contributed by atoms with van der Waals surface area (Å²) in [7, 11) is 0. The first-order chi connectivity index (χ1) is 11.2. The third-order valence-electron chi connectivity index (χ3n) is 4.64. The van der Waals surface area contributed by atoms with Crippen molar-refractivity contribution in [3.8, 4) is 11.8 Å². The Balaban J connectivity index is 1.73. The van der Waals surface area contributed by atoms with Crippen molar-refractivity contribution in [2.45, 2.75) is 44.1 Å². The first kappa shape index (κ1) is 15.8. The zero-order valence-electron chi connectivity index (χ0n) is 13.7. The van der Waals surface area contributed by atoms with E-state index in [0.29, 0.717) is 5.92 Å². The highest BCUT2D eigenvalue weighted by molar-refractivity contribution is 5.27. The smallest absolute Gasteiger partial charge is 0.0816 e. The van der Waals surface area contributed by atoms with E-state index in [9.17, 15) is 0 Å². The Morgan fingerprint density at radius 1 is 0.913 bits per heavy atom. The molecule has 0 amide bonds. The fraction of sp³-hybridized carbons (Fsp3) is 0.364. The van der Waals surface area contributed by atoms with E-state index < -0.39 is 0 Å². The van der Waals surface area contributed by atoms with Gasteiger partial charge in [-0.3, -0.25) is 0 Å². The van der Waals surface area contributed by atoms with E-state index in [0.717, 1.165) is 19.3 Å². The Hall–Kier alpha value is -2.04. The highest BCUT2D eigenvalue weighted by Gasteiger charge is 2.24. The first-order valence-electron chi connectivity index (χ1n) is 8.63. The number of benzene rings is 2.